The molecule has 1 N–H and O–H groups in total. The number of hydrogen-bond donors (Lipinski definition) is 1. The van der Waals surface area contributed by atoms with Crippen LogP contribution in [-0.2, 0) is 16.1 Å². The lowest BCUT2D eigenvalue weighted by Crippen LogP contribution is -2.50. The first-order chi connectivity index (χ1) is 14.3. The zero-order valence-electron chi connectivity index (χ0n) is 17.6. The third-order valence-corrected chi connectivity index (χ3v) is 5.44. The van der Waals surface area contributed by atoms with Crippen molar-refractivity contribution in [3.8, 4) is 5.75 Å². The summed E-state index contributed by atoms with van der Waals surface area (Å²) in [5, 5.41) is 3.31. The van der Waals surface area contributed by atoms with Gasteiger partial charge in [0.25, 0.3) is 5.91 Å². The summed E-state index contributed by atoms with van der Waals surface area (Å²) in [7, 11) is 0. The van der Waals surface area contributed by atoms with E-state index in [2.05, 4.69) is 21.2 Å². The van der Waals surface area contributed by atoms with Gasteiger partial charge in [-0.3, -0.25) is 9.59 Å². The Kier molecular flexibility index (Phi) is 9.66. The summed E-state index contributed by atoms with van der Waals surface area (Å²) in [6.45, 7) is 6.60. The van der Waals surface area contributed by atoms with Crippen LogP contribution < -0.4 is 10.1 Å². The van der Waals surface area contributed by atoms with Gasteiger partial charge < -0.3 is 15.0 Å². The van der Waals surface area contributed by atoms with E-state index in [1.54, 1.807) is 23.1 Å². The van der Waals surface area contributed by atoms with Crippen LogP contribution in [0.15, 0.2) is 46.9 Å². The molecule has 0 radical (unpaired) electrons. The number of aryl methyl sites for hydroxylation is 1. The lowest BCUT2D eigenvalue weighted by molar-refractivity contribution is -0.143. The van der Waals surface area contributed by atoms with Crippen molar-refractivity contribution < 1.29 is 14.3 Å². The zero-order chi connectivity index (χ0) is 22.1. The Morgan fingerprint density at radius 2 is 1.87 bits per heavy atom. The Bertz CT molecular complexity index is 858. The van der Waals surface area contributed by atoms with E-state index in [1.807, 2.05) is 45.0 Å². The van der Waals surface area contributed by atoms with E-state index >= 15 is 0 Å². The summed E-state index contributed by atoms with van der Waals surface area (Å²) in [6.07, 6.45) is 1.34. The van der Waals surface area contributed by atoms with Crippen molar-refractivity contribution in [1.82, 2.24) is 10.2 Å². The molecular weight excluding hydrogens is 468 g/mol. The van der Waals surface area contributed by atoms with E-state index in [9.17, 15) is 9.59 Å². The number of nitrogens with zero attached hydrogens (tertiary/aromatic N) is 1. The molecule has 0 spiro atoms. The van der Waals surface area contributed by atoms with Crippen LogP contribution in [0.4, 0.5) is 0 Å². The average Bonchev–Trinajstić information content (AvgIpc) is 2.72. The van der Waals surface area contributed by atoms with Gasteiger partial charge in [0, 0.05) is 17.6 Å². The summed E-state index contributed by atoms with van der Waals surface area (Å²) >= 11 is 9.54. The monoisotopic (exact) mass is 494 g/mol. The van der Waals surface area contributed by atoms with Gasteiger partial charge in [-0.15, -0.1) is 0 Å². The zero-order valence-corrected chi connectivity index (χ0v) is 19.9. The van der Waals surface area contributed by atoms with Crippen LogP contribution in [0.2, 0.25) is 5.02 Å². The Labute approximate surface area is 191 Å². The fourth-order valence-electron chi connectivity index (χ4n) is 2.99. The van der Waals surface area contributed by atoms with Crippen LogP contribution in [0.1, 0.15) is 37.8 Å². The van der Waals surface area contributed by atoms with Crippen molar-refractivity contribution in [2.75, 3.05) is 13.2 Å². The molecule has 162 valence electrons. The molecule has 0 aliphatic rings. The number of hydrogen-bond acceptors (Lipinski definition) is 3. The molecule has 7 heteroatoms. The van der Waals surface area contributed by atoms with Crippen LogP contribution in [0, 0.1) is 6.92 Å². The lowest BCUT2D eigenvalue weighted by atomic mass is 10.1. The molecule has 0 saturated heterocycles. The number of rotatable bonds is 10. The van der Waals surface area contributed by atoms with Gasteiger partial charge in [0.05, 0.1) is 5.02 Å². The molecule has 2 amide bonds. The summed E-state index contributed by atoms with van der Waals surface area (Å²) < 4.78 is 6.50. The highest BCUT2D eigenvalue weighted by molar-refractivity contribution is 9.10. The molecule has 2 aromatic rings. The van der Waals surface area contributed by atoms with Gasteiger partial charge in [-0.25, -0.2) is 0 Å². The van der Waals surface area contributed by atoms with E-state index in [0.29, 0.717) is 30.3 Å². The van der Waals surface area contributed by atoms with Crippen LogP contribution in [0.3, 0.4) is 0 Å². The Morgan fingerprint density at radius 1 is 1.17 bits per heavy atom. The van der Waals surface area contributed by atoms with Crippen LogP contribution in [-0.4, -0.2) is 35.9 Å². The van der Waals surface area contributed by atoms with Crippen molar-refractivity contribution >= 4 is 39.3 Å². The van der Waals surface area contributed by atoms with E-state index < -0.39 is 6.04 Å². The van der Waals surface area contributed by atoms with Gasteiger partial charge in [-0.2, -0.15) is 0 Å². The molecule has 30 heavy (non-hydrogen) atoms. The van der Waals surface area contributed by atoms with E-state index in [-0.39, 0.29) is 18.4 Å². The average molecular weight is 496 g/mol. The minimum atomic E-state index is -0.575. The van der Waals surface area contributed by atoms with Crippen molar-refractivity contribution in [2.24, 2.45) is 0 Å². The maximum atomic E-state index is 13.1. The number of benzene rings is 2. The summed E-state index contributed by atoms with van der Waals surface area (Å²) in [5.41, 5.74) is 2.09. The van der Waals surface area contributed by atoms with Crippen LogP contribution in [0.25, 0.3) is 0 Å². The fourth-order valence-corrected chi connectivity index (χ4v) is 3.72. The molecule has 0 fully saturated rings. The van der Waals surface area contributed by atoms with Crippen molar-refractivity contribution in [1.29, 1.82) is 0 Å². The maximum Gasteiger partial charge on any atom is 0.261 e. The van der Waals surface area contributed by atoms with E-state index in [0.717, 1.165) is 22.0 Å². The summed E-state index contributed by atoms with van der Waals surface area (Å²) in [5.74, 6) is 0.00142. The number of halogens is 2. The largest absolute Gasteiger partial charge is 0.482 e. The first-order valence-corrected chi connectivity index (χ1v) is 11.2. The number of amides is 2. The predicted molar refractivity (Wildman–Crippen MR) is 124 cm³/mol. The third kappa shape index (κ3) is 7.03. The van der Waals surface area contributed by atoms with Crippen LogP contribution in [0.5, 0.6) is 5.75 Å². The first-order valence-electron chi connectivity index (χ1n) is 10.1. The smallest absolute Gasteiger partial charge is 0.261 e. The van der Waals surface area contributed by atoms with Crippen molar-refractivity contribution in [3.05, 3.63) is 63.1 Å². The van der Waals surface area contributed by atoms with Gasteiger partial charge in [0.1, 0.15) is 11.8 Å². The fraction of sp³-hybridized carbons (Fsp3) is 0.391. The predicted octanol–water partition coefficient (Wildman–Crippen LogP) is 5.12. The highest BCUT2D eigenvalue weighted by Gasteiger charge is 2.28. The van der Waals surface area contributed by atoms with E-state index in [1.165, 1.54) is 0 Å². The molecule has 2 aromatic carbocycles. The second kappa shape index (κ2) is 12.0. The second-order valence-electron chi connectivity index (χ2n) is 7.09. The van der Waals surface area contributed by atoms with Gasteiger partial charge in [0.15, 0.2) is 6.61 Å². The van der Waals surface area contributed by atoms with Crippen molar-refractivity contribution in [3.63, 3.8) is 0 Å². The third-order valence-electron chi connectivity index (χ3n) is 4.65. The summed E-state index contributed by atoms with van der Waals surface area (Å²) in [6, 6.07) is 12.6. The van der Waals surface area contributed by atoms with Gasteiger partial charge in [0.2, 0.25) is 5.91 Å². The molecule has 0 heterocycles. The molecule has 0 unspecified atom stereocenters. The Balaban J connectivity index is 2.20. The number of carbonyl (C=O) groups excluding carboxylic acids is 2. The molecule has 0 aliphatic carbocycles. The number of nitrogens with one attached hydrogen (secondary N) is 1. The normalized spacial score (nSPS) is 11.6. The minimum absolute atomic E-state index is 0.151. The number of carbonyl (C=O) groups is 2. The summed E-state index contributed by atoms with van der Waals surface area (Å²) in [4.78, 5) is 27.4. The van der Waals surface area contributed by atoms with Gasteiger partial charge in [-0.05, 0) is 43.5 Å². The van der Waals surface area contributed by atoms with E-state index in [4.69, 9.17) is 16.3 Å². The second-order valence-corrected chi connectivity index (χ2v) is 8.41. The molecule has 0 bridgehead atoms. The Hall–Kier alpha value is -2.05. The molecular formula is C23H28BrClN2O3. The molecule has 5 nitrogen and oxygen atoms in total. The topological polar surface area (TPSA) is 58.6 Å². The van der Waals surface area contributed by atoms with Crippen molar-refractivity contribution in [2.45, 2.75) is 46.2 Å². The van der Waals surface area contributed by atoms with Gasteiger partial charge >= 0.3 is 0 Å². The quantitative estimate of drug-likeness (QED) is 0.497. The molecule has 0 aliphatic heterocycles. The minimum Gasteiger partial charge on any atom is -0.482 e. The lowest BCUT2D eigenvalue weighted by Gasteiger charge is -2.30. The van der Waals surface area contributed by atoms with Crippen LogP contribution >= 0.6 is 27.5 Å². The molecule has 0 aromatic heterocycles. The highest BCUT2D eigenvalue weighted by atomic mass is 79.9. The molecule has 1 atom stereocenters. The first kappa shape index (κ1) is 24.2. The number of ether oxygens (including phenoxy) is 1. The highest BCUT2D eigenvalue weighted by Crippen LogP contribution is 2.27. The van der Waals surface area contributed by atoms with Gasteiger partial charge in [-0.1, -0.05) is 71.2 Å². The standard InChI is InChI=1S/C23H28BrClN2O3/c1-4-12-26-23(29)20(5-2)27(14-17-8-6-16(3)7-9-17)22(28)15-30-21-11-10-18(24)13-19(21)25/h6-11,13,20H,4-5,12,14-15H2,1-3H3,(H,26,29)/t20-/m0/s1. The SMILES string of the molecule is CCCNC(=O)[C@H](CC)N(Cc1ccc(C)cc1)C(=O)COc1ccc(Br)cc1Cl. The maximum absolute atomic E-state index is 13.1. The molecule has 2 rings (SSSR count). The molecule has 0 saturated carbocycles. The Morgan fingerprint density at radius 3 is 2.47 bits per heavy atom.